The fourth-order valence-corrected chi connectivity index (χ4v) is 1.15. The molecule has 0 saturated carbocycles. The third-order valence-electron chi connectivity index (χ3n) is 1.99. The van der Waals surface area contributed by atoms with Crippen LogP contribution >= 0.6 is 0 Å². The number of hydrogen-bond donors (Lipinski definition) is 1. The summed E-state index contributed by atoms with van der Waals surface area (Å²) in [5, 5.41) is 8.49. The molecule has 0 aliphatic carbocycles. The lowest BCUT2D eigenvalue weighted by Gasteiger charge is -2.10. The molecule has 0 spiro atoms. The predicted molar refractivity (Wildman–Crippen MR) is 52.9 cm³/mol. The van der Waals surface area contributed by atoms with Crippen LogP contribution < -0.4 is 0 Å². The average molecular weight is 194 g/mol. The molecule has 1 atom stereocenters. The summed E-state index contributed by atoms with van der Waals surface area (Å²) in [6.45, 7) is 1.72. The van der Waals surface area contributed by atoms with Crippen molar-refractivity contribution in [2.24, 2.45) is 0 Å². The van der Waals surface area contributed by atoms with Crippen LogP contribution in [0.2, 0.25) is 0 Å². The highest BCUT2D eigenvalue weighted by Crippen LogP contribution is 2.15. The summed E-state index contributed by atoms with van der Waals surface area (Å²) in [6, 6.07) is 9.42. The minimum absolute atomic E-state index is 0.0655. The van der Waals surface area contributed by atoms with Gasteiger partial charge >= 0.3 is 5.97 Å². The molecule has 0 bridgehead atoms. The first-order chi connectivity index (χ1) is 6.75. The van der Waals surface area contributed by atoms with E-state index in [9.17, 15) is 4.79 Å². The van der Waals surface area contributed by atoms with Gasteiger partial charge in [-0.25, -0.2) is 0 Å². The predicted octanol–water partition coefficient (Wildman–Crippen LogP) is 1.33. The quantitative estimate of drug-likeness (QED) is 0.735. The molecule has 0 radical (unpaired) electrons. The van der Waals surface area contributed by atoms with E-state index in [1.54, 1.807) is 6.92 Å². The van der Waals surface area contributed by atoms with E-state index in [0.29, 0.717) is 0 Å². The molecule has 1 aromatic carbocycles. The maximum Gasteiger partial charge on any atom is 0.313 e. The summed E-state index contributed by atoms with van der Waals surface area (Å²) >= 11 is 0. The Bertz CT molecular complexity index is 282. The largest absolute Gasteiger partial charge is 0.463 e. The summed E-state index contributed by atoms with van der Waals surface area (Å²) in [6.07, 6.45) is 0. The summed E-state index contributed by atoms with van der Waals surface area (Å²) in [4.78, 5) is 11.4. The third-order valence-corrected chi connectivity index (χ3v) is 1.99. The molecule has 3 nitrogen and oxygen atoms in total. The third kappa shape index (κ3) is 2.85. The maximum absolute atomic E-state index is 11.4. The van der Waals surface area contributed by atoms with E-state index in [1.807, 2.05) is 30.3 Å². The van der Waals surface area contributed by atoms with Gasteiger partial charge in [0.05, 0.1) is 12.5 Å². The number of ether oxygens (including phenoxy) is 1. The van der Waals surface area contributed by atoms with Crippen molar-refractivity contribution in [3.63, 3.8) is 0 Å². The van der Waals surface area contributed by atoms with Gasteiger partial charge < -0.3 is 9.84 Å². The van der Waals surface area contributed by atoms with Crippen LogP contribution in [-0.2, 0) is 9.53 Å². The highest BCUT2D eigenvalue weighted by Gasteiger charge is 2.15. The minimum Gasteiger partial charge on any atom is -0.463 e. The lowest BCUT2D eigenvalue weighted by Crippen LogP contribution is -2.15. The van der Waals surface area contributed by atoms with Gasteiger partial charge in [0.25, 0.3) is 0 Å². The first-order valence-corrected chi connectivity index (χ1v) is 4.58. The molecule has 0 saturated heterocycles. The van der Waals surface area contributed by atoms with Crippen LogP contribution in [0.4, 0.5) is 0 Å². The lowest BCUT2D eigenvalue weighted by molar-refractivity contribution is -0.146. The Hall–Kier alpha value is -1.35. The standard InChI is InChI=1S/C11H14O3/c1-9(11(13)14-8-7-12)10-5-3-2-4-6-10/h2-6,9,12H,7-8H2,1H3. The first kappa shape index (κ1) is 10.7. The minimum atomic E-state index is -0.301. The van der Waals surface area contributed by atoms with Gasteiger partial charge in [0.15, 0.2) is 0 Å². The zero-order valence-corrected chi connectivity index (χ0v) is 8.14. The monoisotopic (exact) mass is 194 g/mol. The molecular formula is C11H14O3. The molecular weight excluding hydrogens is 180 g/mol. The van der Waals surface area contributed by atoms with E-state index in [1.165, 1.54) is 0 Å². The fourth-order valence-electron chi connectivity index (χ4n) is 1.15. The van der Waals surface area contributed by atoms with Crippen LogP contribution in [0.5, 0.6) is 0 Å². The van der Waals surface area contributed by atoms with Crippen LogP contribution in [0.1, 0.15) is 18.4 Å². The molecule has 1 unspecified atom stereocenters. The van der Waals surface area contributed by atoms with Gasteiger partial charge in [0.1, 0.15) is 6.61 Å². The highest BCUT2D eigenvalue weighted by atomic mass is 16.5. The summed E-state index contributed by atoms with van der Waals surface area (Å²) in [5.41, 5.74) is 0.926. The van der Waals surface area contributed by atoms with Crippen molar-refractivity contribution in [1.29, 1.82) is 0 Å². The molecule has 0 aliphatic rings. The molecule has 0 aliphatic heterocycles. The normalized spacial score (nSPS) is 12.1. The van der Waals surface area contributed by atoms with Crippen LogP contribution in [-0.4, -0.2) is 24.3 Å². The SMILES string of the molecule is CC(C(=O)OCCO)c1ccccc1. The Kier molecular flexibility index (Phi) is 4.13. The molecule has 76 valence electrons. The average Bonchev–Trinajstić information content (AvgIpc) is 2.26. The van der Waals surface area contributed by atoms with E-state index < -0.39 is 0 Å². The van der Waals surface area contributed by atoms with Gasteiger partial charge in [-0.05, 0) is 12.5 Å². The number of aliphatic hydroxyl groups is 1. The van der Waals surface area contributed by atoms with Crippen molar-refractivity contribution in [1.82, 2.24) is 0 Å². The van der Waals surface area contributed by atoms with Gasteiger partial charge in [-0.15, -0.1) is 0 Å². The topological polar surface area (TPSA) is 46.5 Å². The molecule has 1 rings (SSSR count). The highest BCUT2D eigenvalue weighted by molar-refractivity contribution is 5.77. The second-order valence-electron chi connectivity index (χ2n) is 3.02. The Morgan fingerprint density at radius 3 is 2.64 bits per heavy atom. The van der Waals surface area contributed by atoms with Gasteiger partial charge in [0, 0.05) is 0 Å². The number of benzene rings is 1. The Morgan fingerprint density at radius 2 is 2.07 bits per heavy atom. The molecule has 14 heavy (non-hydrogen) atoms. The summed E-state index contributed by atoms with van der Waals surface area (Å²) < 4.78 is 4.82. The van der Waals surface area contributed by atoms with Gasteiger partial charge in [-0.1, -0.05) is 30.3 Å². The van der Waals surface area contributed by atoms with E-state index in [-0.39, 0.29) is 25.1 Å². The molecule has 1 N–H and O–H groups in total. The first-order valence-electron chi connectivity index (χ1n) is 4.58. The molecule has 1 aromatic rings. The molecule has 0 aromatic heterocycles. The van der Waals surface area contributed by atoms with Crippen LogP contribution in [0.3, 0.4) is 0 Å². The Labute approximate surface area is 83.3 Å². The lowest BCUT2D eigenvalue weighted by atomic mass is 10.0. The Balaban J connectivity index is 2.57. The van der Waals surface area contributed by atoms with Gasteiger partial charge in [-0.2, -0.15) is 0 Å². The van der Waals surface area contributed by atoms with Crippen LogP contribution in [0, 0.1) is 0 Å². The molecule has 3 heteroatoms. The van der Waals surface area contributed by atoms with E-state index in [4.69, 9.17) is 9.84 Å². The van der Waals surface area contributed by atoms with E-state index in [2.05, 4.69) is 0 Å². The number of carbonyl (C=O) groups excluding carboxylic acids is 1. The number of rotatable bonds is 4. The zero-order valence-electron chi connectivity index (χ0n) is 8.14. The zero-order chi connectivity index (χ0) is 10.4. The van der Waals surface area contributed by atoms with Gasteiger partial charge in [0.2, 0.25) is 0 Å². The molecule has 0 heterocycles. The van der Waals surface area contributed by atoms with Crippen molar-refractivity contribution in [2.45, 2.75) is 12.8 Å². The number of aliphatic hydroxyl groups excluding tert-OH is 1. The summed E-state index contributed by atoms with van der Waals surface area (Å²) in [5.74, 6) is -0.576. The van der Waals surface area contributed by atoms with Crippen molar-refractivity contribution in [3.8, 4) is 0 Å². The number of hydrogen-bond acceptors (Lipinski definition) is 3. The number of carbonyl (C=O) groups is 1. The second kappa shape index (κ2) is 5.40. The van der Waals surface area contributed by atoms with Gasteiger partial charge in [-0.3, -0.25) is 4.79 Å². The maximum atomic E-state index is 11.4. The summed E-state index contributed by atoms with van der Waals surface area (Å²) in [7, 11) is 0. The van der Waals surface area contributed by atoms with Crippen LogP contribution in [0.25, 0.3) is 0 Å². The van der Waals surface area contributed by atoms with Crippen molar-refractivity contribution >= 4 is 5.97 Å². The molecule has 0 amide bonds. The van der Waals surface area contributed by atoms with Crippen molar-refractivity contribution < 1.29 is 14.6 Å². The van der Waals surface area contributed by atoms with Crippen molar-refractivity contribution in [2.75, 3.05) is 13.2 Å². The van der Waals surface area contributed by atoms with Crippen LogP contribution in [0.15, 0.2) is 30.3 Å². The van der Waals surface area contributed by atoms with E-state index >= 15 is 0 Å². The van der Waals surface area contributed by atoms with Crippen molar-refractivity contribution in [3.05, 3.63) is 35.9 Å². The fraction of sp³-hybridized carbons (Fsp3) is 0.364. The smallest absolute Gasteiger partial charge is 0.313 e. The molecule has 0 fully saturated rings. The van der Waals surface area contributed by atoms with E-state index in [0.717, 1.165) is 5.56 Å². The number of esters is 1. The Morgan fingerprint density at radius 1 is 1.43 bits per heavy atom. The second-order valence-corrected chi connectivity index (χ2v) is 3.02.